The molecule has 2 saturated heterocycles. The van der Waals surface area contributed by atoms with Gasteiger partial charge in [0.2, 0.25) is 0 Å². The van der Waals surface area contributed by atoms with Crippen molar-refractivity contribution < 1.29 is 0 Å². The molecule has 2 heteroatoms. The van der Waals surface area contributed by atoms with Gasteiger partial charge in [0.05, 0.1) is 6.07 Å². The van der Waals surface area contributed by atoms with Gasteiger partial charge >= 0.3 is 0 Å². The molecule has 2 aliphatic rings. The smallest absolute Gasteiger partial charge is 0.108 e. The molecule has 0 aromatic heterocycles. The van der Waals surface area contributed by atoms with Gasteiger partial charge in [-0.3, -0.25) is 4.90 Å². The van der Waals surface area contributed by atoms with Gasteiger partial charge in [0.25, 0.3) is 0 Å². The van der Waals surface area contributed by atoms with E-state index in [4.69, 9.17) is 0 Å². The predicted molar refractivity (Wildman–Crippen MR) is 96.6 cm³/mol. The predicted octanol–water partition coefficient (Wildman–Crippen LogP) is 4.51. The summed E-state index contributed by atoms with van der Waals surface area (Å²) < 4.78 is 0. The number of fused-ring (bicyclic) bond motifs is 2. The fourth-order valence-corrected chi connectivity index (χ4v) is 4.77. The number of hydrogen-bond acceptors (Lipinski definition) is 2. The van der Waals surface area contributed by atoms with Gasteiger partial charge < -0.3 is 0 Å². The van der Waals surface area contributed by atoms with Crippen LogP contribution in [0.2, 0.25) is 0 Å². The lowest BCUT2D eigenvalue weighted by molar-refractivity contribution is 0.238. The molecular formula is C22H24N2. The molecule has 4 rings (SSSR count). The summed E-state index contributed by atoms with van der Waals surface area (Å²) in [5, 5.41) is 10.2. The monoisotopic (exact) mass is 316 g/mol. The van der Waals surface area contributed by atoms with Crippen molar-refractivity contribution in [3.63, 3.8) is 0 Å². The first-order valence-corrected chi connectivity index (χ1v) is 9.11. The van der Waals surface area contributed by atoms with Crippen molar-refractivity contribution in [2.45, 2.75) is 49.6 Å². The van der Waals surface area contributed by atoms with Crippen LogP contribution in [0.5, 0.6) is 0 Å². The van der Waals surface area contributed by atoms with Crippen molar-refractivity contribution in [1.82, 2.24) is 4.90 Å². The maximum atomic E-state index is 10.2. The van der Waals surface area contributed by atoms with Crippen molar-refractivity contribution in [2.75, 3.05) is 6.54 Å². The maximum Gasteiger partial charge on any atom is 0.108 e. The Labute approximate surface area is 144 Å². The molecule has 2 aromatic carbocycles. The van der Waals surface area contributed by atoms with E-state index in [0.717, 1.165) is 36.2 Å². The van der Waals surface area contributed by atoms with Gasteiger partial charge in [-0.15, -0.1) is 0 Å². The molecule has 0 spiro atoms. The van der Waals surface area contributed by atoms with Crippen molar-refractivity contribution in [1.29, 1.82) is 5.26 Å². The quantitative estimate of drug-likeness (QED) is 0.811. The van der Waals surface area contributed by atoms with Gasteiger partial charge in [0, 0.05) is 18.6 Å². The van der Waals surface area contributed by atoms with Crippen LogP contribution in [0.15, 0.2) is 60.7 Å². The van der Waals surface area contributed by atoms with Gasteiger partial charge in [-0.1, -0.05) is 60.7 Å². The normalized spacial score (nSPS) is 23.3. The van der Waals surface area contributed by atoms with Crippen LogP contribution in [0.4, 0.5) is 0 Å². The Bertz CT molecular complexity index is 657. The summed E-state index contributed by atoms with van der Waals surface area (Å²) in [6, 6.07) is 24.9. The van der Waals surface area contributed by atoms with E-state index < -0.39 is 5.41 Å². The molecule has 24 heavy (non-hydrogen) atoms. The lowest BCUT2D eigenvalue weighted by Crippen LogP contribution is -2.36. The molecule has 2 aromatic rings. The highest BCUT2D eigenvalue weighted by Crippen LogP contribution is 2.40. The minimum absolute atomic E-state index is 0.551. The van der Waals surface area contributed by atoms with E-state index in [2.05, 4.69) is 35.2 Å². The van der Waals surface area contributed by atoms with Crippen LogP contribution in [-0.2, 0) is 5.41 Å². The average Bonchev–Trinajstić information content (AvgIpc) is 3.24. The molecule has 2 bridgehead atoms. The molecule has 0 aliphatic carbocycles. The molecule has 2 aliphatic heterocycles. The third kappa shape index (κ3) is 2.54. The van der Waals surface area contributed by atoms with Gasteiger partial charge in [0.1, 0.15) is 5.41 Å². The fraction of sp³-hybridized carbons (Fsp3) is 0.409. The highest BCUT2D eigenvalue weighted by molar-refractivity contribution is 5.45. The molecule has 0 N–H and O–H groups in total. The molecule has 0 atom stereocenters. The third-order valence-electron chi connectivity index (χ3n) is 6.07. The van der Waals surface area contributed by atoms with Crippen LogP contribution in [0, 0.1) is 11.3 Å². The Morgan fingerprint density at radius 2 is 1.29 bits per heavy atom. The summed E-state index contributed by atoms with van der Waals surface area (Å²) >= 11 is 0. The summed E-state index contributed by atoms with van der Waals surface area (Å²) in [5.41, 5.74) is 1.68. The van der Waals surface area contributed by atoms with Gasteiger partial charge in [-0.2, -0.15) is 5.26 Å². The summed E-state index contributed by atoms with van der Waals surface area (Å²) in [7, 11) is 0. The lowest BCUT2D eigenvalue weighted by atomic mass is 9.73. The Balaban J connectivity index is 1.67. The van der Waals surface area contributed by atoms with Crippen molar-refractivity contribution in [3.8, 4) is 6.07 Å². The second kappa shape index (κ2) is 6.42. The number of benzene rings is 2. The summed E-state index contributed by atoms with van der Waals surface area (Å²) in [4.78, 5) is 2.68. The van der Waals surface area contributed by atoms with Crippen LogP contribution in [0.1, 0.15) is 43.2 Å². The Morgan fingerprint density at radius 1 is 0.833 bits per heavy atom. The number of hydrogen-bond donors (Lipinski definition) is 0. The standard InChI is InChI=1S/C22H24N2/c23-17-22(18-7-3-1-4-8-18,19-9-5-2-6-10-19)15-16-24-20-11-12-21(24)14-13-20/h1-10,20-21H,11-16H2. The van der Waals surface area contributed by atoms with Gasteiger partial charge in [0.15, 0.2) is 0 Å². The summed E-state index contributed by atoms with van der Waals surface area (Å²) in [5.74, 6) is 0. The molecule has 2 fully saturated rings. The van der Waals surface area contributed by atoms with Crippen molar-refractivity contribution in [3.05, 3.63) is 71.8 Å². The summed E-state index contributed by atoms with van der Waals surface area (Å²) in [6.45, 7) is 1.02. The van der Waals surface area contributed by atoms with Crippen molar-refractivity contribution in [2.24, 2.45) is 0 Å². The van der Waals surface area contributed by atoms with E-state index in [-0.39, 0.29) is 0 Å². The molecular weight excluding hydrogens is 292 g/mol. The second-order valence-electron chi connectivity index (χ2n) is 7.20. The molecule has 2 heterocycles. The van der Waals surface area contributed by atoms with Gasteiger partial charge in [-0.05, 0) is 43.2 Å². The molecule has 2 nitrogen and oxygen atoms in total. The van der Waals surface area contributed by atoms with E-state index in [1.807, 2.05) is 36.4 Å². The molecule has 0 radical (unpaired) electrons. The highest BCUT2D eigenvalue weighted by atomic mass is 15.2. The first kappa shape index (κ1) is 15.4. The Morgan fingerprint density at radius 3 is 1.71 bits per heavy atom. The van der Waals surface area contributed by atoms with Crippen LogP contribution in [0.25, 0.3) is 0 Å². The lowest BCUT2D eigenvalue weighted by Gasteiger charge is -2.31. The first-order valence-electron chi connectivity index (χ1n) is 9.11. The van der Waals surface area contributed by atoms with Crippen LogP contribution in [0.3, 0.4) is 0 Å². The molecule has 0 saturated carbocycles. The largest absolute Gasteiger partial charge is 0.297 e. The SMILES string of the molecule is N#CC(CCN1C2CCC1CC2)(c1ccccc1)c1ccccc1. The Hall–Kier alpha value is -2.11. The van der Waals surface area contributed by atoms with Crippen molar-refractivity contribution >= 4 is 0 Å². The Kier molecular flexibility index (Phi) is 4.12. The zero-order valence-corrected chi connectivity index (χ0v) is 14.1. The van der Waals surface area contributed by atoms with Crippen LogP contribution < -0.4 is 0 Å². The first-order chi connectivity index (χ1) is 11.8. The fourth-order valence-electron chi connectivity index (χ4n) is 4.77. The number of nitriles is 1. The maximum absolute atomic E-state index is 10.2. The van der Waals surface area contributed by atoms with E-state index >= 15 is 0 Å². The minimum Gasteiger partial charge on any atom is -0.297 e. The van der Waals surface area contributed by atoms with E-state index in [9.17, 15) is 5.26 Å². The molecule has 122 valence electrons. The zero-order chi connectivity index (χ0) is 16.4. The number of rotatable bonds is 5. The highest BCUT2D eigenvalue weighted by Gasteiger charge is 2.41. The summed E-state index contributed by atoms with van der Waals surface area (Å²) in [6.07, 6.45) is 6.26. The van der Waals surface area contributed by atoms with E-state index in [0.29, 0.717) is 0 Å². The van der Waals surface area contributed by atoms with Crippen LogP contribution >= 0.6 is 0 Å². The molecule has 0 unspecified atom stereocenters. The number of nitrogens with zero attached hydrogens (tertiary/aromatic N) is 2. The average molecular weight is 316 g/mol. The zero-order valence-electron chi connectivity index (χ0n) is 14.1. The van der Waals surface area contributed by atoms with Crippen LogP contribution in [-0.4, -0.2) is 23.5 Å². The third-order valence-corrected chi connectivity index (χ3v) is 6.07. The van der Waals surface area contributed by atoms with E-state index in [1.54, 1.807) is 0 Å². The van der Waals surface area contributed by atoms with Gasteiger partial charge in [-0.25, -0.2) is 0 Å². The molecule has 0 amide bonds. The second-order valence-corrected chi connectivity index (χ2v) is 7.20. The van der Waals surface area contributed by atoms with E-state index in [1.165, 1.54) is 25.7 Å². The minimum atomic E-state index is -0.551. The topological polar surface area (TPSA) is 27.0 Å².